The highest BCUT2D eigenvalue weighted by Crippen LogP contribution is 2.29. The molecule has 1 atom stereocenters. The van der Waals surface area contributed by atoms with E-state index in [9.17, 15) is 9.90 Å². The van der Waals surface area contributed by atoms with Gasteiger partial charge in [0.25, 0.3) is 0 Å². The van der Waals surface area contributed by atoms with Crippen LogP contribution in [0.2, 0.25) is 5.02 Å². The first-order chi connectivity index (χ1) is 16.5. The number of ether oxygens (including phenoxy) is 2. The molecule has 0 aliphatic carbocycles. The Morgan fingerprint density at radius 3 is 2.56 bits per heavy atom. The molecule has 3 N–H and O–H groups in total. The summed E-state index contributed by atoms with van der Waals surface area (Å²) in [5.41, 5.74) is 3.88. The molecular weight excluding hydrogens is 452 g/mol. The molecule has 0 fully saturated rings. The molecule has 0 unspecified atom stereocenters. The summed E-state index contributed by atoms with van der Waals surface area (Å²) in [5, 5.41) is 14.7. The molecule has 0 aliphatic heterocycles. The quantitative estimate of drug-likeness (QED) is 0.262. The molecule has 4 aromatic rings. The number of nitrogens with one attached hydrogen (secondary N) is 2. The van der Waals surface area contributed by atoms with Crippen LogP contribution < -0.4 is 14.8 Å². The maximum Gasteiger partial charge on any atom is 0.321 e. The van der Waals surface area contributed by atoms with Gasteiger partial charge in [-0.3, -0.25) is 4.79 Å². The molecule has 4 rings (SSSR count). The van der Waals surface area contributed by atoms with Gasteiger partial charge in [0.05, 0.1) is 6.61 Å². The van der Waals surface area contributed by atoms with Crippen molar-refractivity contribution in [2.75, 3.05) is 6.61 Å². The lowest BCUT2D eigenvalue weighted by Crippen LogP contribution is -2.38. The summed E-state index contributed by atoms with van der Waals surface area (Å²) in [5.74, 6) is 0.367. The summed E-state index contributed by atoms with van der Waals surface area (Å²) in [4.78, 5) is 15.1. The number of H-pyrrole nitrogens is 1. The molecule has 0 saturated carbocycles. The molecule has 0 bridgehead atoms. The van der Waals surface area contributed by atoms with E-state index in [2.05, 4.69) is 10.3 Å². The molecule has 0 amide bonds. The van der Waals surface area contributed by atoms with Gasteiger partial charge < -0.3 is 24.9 Å². The van der Waals surface area contributed by atoms with Crippen LogP contribution in [0.25, 0.3) is 10.9 Å². The van der Waals surface area contributed by atoms with Crippen molar-refractivity contribution in [2.24, 2.45) is 0 Å². The van der Waals surface area contributed by atoms with Crippen molar-refractivity contribution >= 4 is 28.5 Å². The number of fused-ring (bicyclic) bond motifs is 1. The molecule has 3 aromatic carbocycles. The number of para-hydroxylation sites is 1. The van der Waals surface area contributed by atoms with Crippen molar-refractivity contribution in [3.05, 3.63) is 94.6 Å². The Balaban J connectivity index is 1.42. The minimum atomic E-state index is -0.891. The van der Waals surface area contributed by atoms with E-state index < -0.39 is 12.0 Å². The highest BCUT2D eigenvalue weighted by Gasteiger charge is 2.19. The Kier molecular flexibility index (Phi) is 7.72. The van der Waals surface area contributed by atoms with Crippen LogP contribution in [0.4, 0.5) is 0 Å². The Bertz CT molecular complexity index is 1250. The van der Waals surface area contributed by atoms with E-state index in [1.165, 1.54) is 0 Å². The maximum atomic E-state index is 11.9. The fourth-order valence-electron chi connectivity index (χ4n) is 3.80. The summed E-state index contributed by atoms with van der Waals surface area (Å²) in [7, 11) is 0. The number of aromatic nitrogens is 1. The van der Waals surface area contributed by atoms with Crippen molar-refractivity contribution in [1.82, 2.24) is 10.3 Å². The number of hydrogen-bond acceptors (Lipinski definition) is 4. The van der Waals surface area contributed by atoms with Gasteiger partial charge in [-0.15, -0.1) is 0 Å². The summed E-state index contributed by atoms with van der Waals surface area (Å²) in [6.07, 6.45) is 2.25. The second kappa shape index (κ2) is 11.1. The molecule has 0 spiro atoms. The lowest BCUT2D eigenvalue weighted by molar-refractivity contribution is -0.139. The number of benzene rings is 3. The Morgan fingerprint density at radius 1 is 1.03 bits per heavy atom. The van der Waals surface area contributed by atoms with Crippen LogP contribution in [0.1, 0.15) is 23.6 Å². The number of rotatable bonds is 11. The first kappa shape index (κ1) is 23.7. The first-order valence-corrected chi connectivity index (χ1v) is 11.6. The molecule has 1 heterocycles. The minimum Gasteiger partial charge on any atom is -0.490 e. The second-order valence-electron chi connectivity index (χ2n) is 7.96. The molecule has 34 heavy (non-hydrogen) atoms. The van der Waals surface area contributed by atoms with Gasteiger partial charge in [-0.1, -0.05) is 48.0 Å². The van der Waals surface area contributed by atoms with Crippen LogP contribution in [-0.2, 0) is 24.4 Å². The van der Waals surface area contributed by atoms with E-state index in [1.54, 1.807) is 0 Å². The number of carbonyl (C=O) groups is 1. The predicted octanol–water partition coefficient (Wildman–Crippen LogP) is 5.58. The topological polar surface area (TPSA) is 83.6 Å². The number of halogens is 1. The van der Waals surface area contributed by atoms with E-state index in [0.717, 1.165) is 27.6 Å². The highest BCUT2D eigenvalue weighted by atomic mass is 35.5. The van der Waals surface area contributed by atoms with Crippen molar-refractivity contribution < 1.29 is 19.4 Å². The molecule has 1 aromatic heterocycles. The third-order valence-electron chi connectivity index (χ3n) is 5.57. The van der Waals surface area contributed by atoms with Crippen LogP contribution in [-0.4, -0.2) is 28.7 Å². The number of carboxylic acid groups (broad SMARTS) is 1. The standard InChI is InChI=1S/C27H27ClN2O4/c1-2-33-26-13-19(9-12-25(26)34-17-18-7-10-21(28)11-8-18)15-29-24(27(31)32)14-20-16-30-23-6-4-3-5-22(20)23/h3-13,16,24,29-30H,2,14-15,17H2,1H3,(H,31,32)/t24-/m0/s1. The van der Waals surface area contributed by atoms with Crippen molar-refractivity contribution in [1.29, 1.82) is 0 Å². The third kappa shape index (κ3) is 5.90. The first-order valence-electron chi connectivity index (χ1n) is 11.2. The monoisotopic (exact) mass is 478 g/mol. The number of hydrogen-bond donors (Lipinski definition) is 3. The van der Waals surface area contributed by atoms with Crippen LogP contribution >= 0.6 is 11.6 Å². The normalized spacial score (nSPS) is 11.9. The number of carboxylic acids is 1. The highest BCUT2D eigenvalue weighted by molar-refractivity contribution is 6.30. The number of aliphatic carboxylic acids is 1. The zero-order valence-corrected chi connectivity index (χ0v) is 19.6. The Hall–Kier alpha value is -3.48. The SMILES string of the molecule is CCOc1cc(CN[C@@H](Cc2c[nH]c3ccccc23)C(=O)O)ccc1OCc1ccc(Cl)cc1. The van der Waals surface area contributed by atoms with Gasteiger partial charge in [0, 0.05) is 35.1 Å². The fourth-order valence-corrected chi connectivity index (χ4v) is 3.93. The van der Waals surface area contributed by atoms with Crippen molar-refractivity contribution in [3.8, 4) is 11.5 Å². The summed E-state index contributed by atoms with van der Waals surface area (Å²) in [6.45, 7) is 3.18. The van der Waals surface area contributed by atoms with Crippen LogP contribution in [0.5, 0.6) is 11.5 Å². The van der Waals surface area contributed by atoms with Gasteiger partial charge in [-0.2, -0.15) is 0 Å². The maximum absolute atomic E-state index is 11.9. The van der Waals surface area contributed by atoms with E-state index >= 15 is 0 Å². The van der Waals surface area contributed by atoms with Gasteiger partial charge in [0.2, 0.25) is 0 Å². The molecule has 7 heteroatoms. The minimum absolute atomic E-state index is 0.375. The van der Waals surface area contributed by atoms with E-state index in [0.29, 0.717) is 42.7 Å². The summed E-state index contributed by atoms with van der Waals surface area (Å²) < 4.78 is 11.7. The zero-order chi connectivity index (χ0) is 23.9. The molecular formula is C27H27ClN2O4. The molecule has 0 aliphatic rings. The second-order valence-corrected chi connectivity index (χ2v) is 8.40. The number of aromatic amines is 1. The summed E-state index contributed by atoms with van der Waals surface area (Å²) in [6, 6.07) is 20.3. The molecule has 6 nitrogen and oxygen atoms in total. The Morgan fingerprint density at radius 2 is 1.79 bits per heavy atom. The average Bonchev–Trinajstić information content (AvgIpc) is 3.25. The van der Waals surface area contributed by atoms with E-state index in [-0.39, 0.29) is 0 Å². The third-order valence-corrected chi connectivity index (χ3v) is 5.82. The van der Waals surface area contributed by atoms with Gasteiger partial charge in [0.15, 0.2) is 11.5 Å². The largest absolute Gasteiger partial charge is 0.490 e. The van der Waals surface area contributed by atoms with Gasteiger partial charge >= 0.3 is 5.97 Å². The van der Waals surface area contributed by atoms with Gasteiger partial charge in [-0.05, 0) is 53.9 Å². The smallest absolute Gasteiger partial charge is 0.321 e. The molecule has 0 radical (unpaired) electrons. The predicted molar refractivity (Wildman–Crippen MR) is 134 cm³/mol. The van der Waals surface area contributed by atoms with E-state index in [4.69, 9.17) is 21.1 Å². The van der Waals surface area contributed by atoms with Crippen LogP contribution in [0.15, 0.2) is 72.9 Å². The van der Waals surface area contributed by atoms with Crippen LogP contribution in [0, 0.1) is 0 Å². The van der Waals surface area contributed by atoms with E-state index in [1.807, 2.05) is 79.9 Å². The van der Waals surface area contributed by atoms with Gasteiger partial charge in [0.1, 0.15) is 12.6 Å². The Labute approximate surface area is 203 Å². The molecule has 176 valence electrons. The van der Waals surface area contributed by atoms with Crippen molar-refractivity contribution in [3.63, 3.8) is 0 Å². The fraction of sp³-hybridized carbons (Fsp3) is 0.222. The van der Waals surface area contributed by atoms with Crippen LogP contribution in [0.3, 0.4) is 0 Å². The average molecular weight is 479 g/mol. The summed E-state index contributed by atoms with van der Waals surface area (Å²) >= 11 is 5.94. The van der Waals surface area contributed by atoms with Crippen molar-refractivity contribution in [2.45, 2.75) is 32.5 Å². The molecule has 0 saturated heterocycles. The lowest BCUT2D eigenvalue weighted by atomic mass is 10.0. The van der Waals surface area contributed by atoms with Gasteiger partial charge in [-0.25, -0.2) is 0 Å². The zero-order valence-electron chi connectivity index (χ0n) is 18.9. The lowest BCUT2D eigenvalue weighted by Gasteiger charge is -2.16.